The van der Waals surface area contributed by atoms with E-state index in [0.29, 0.717) is 12.5 Å². The highest BCUT2D eigenvalue weighted by Gasteiger charge is 2.24. The normalized spacial score (nSPS) is 15.9. The fourth-order valence-electron chi connectivity index (χ4n) is 1.76. The number of methoxy groups -OCH3 is 1. The van der Waals surface area contributed by atoms with Crippen molar-refractivity contribution in [2.24, 2.45) is 0 Å². The molecule has 1 aromatic heterocycles. The Morgan fingerprint density at radius 1 is 1.44 bits per heavy atom. The van der Waals surface area contributed by atoms with E-state index in [0.717, 1.165) is 20.9 Å². The van der Waals surface area contributed by atoms with E-state index < -0.39 is 0 Å². The molecule has 5 heteroatoms. The Hall–Kier alpha value is -0.430. The van der Waals surface area contributed by atoms with Crippen LogP contribution in [0.3, 0.4) is 0 Å². The van der Waals surface area contributed by atoms with E-state index in [1.165, 1.54) is 19.3 Å². The highest BCUT2D eigenvalue weighted by Crippen LogP contribution is 2.35. The lowest BCUT2D eigenvalue weighted by Gasteiger charge is -2.25. The second-order valence-electron chi connectivity index (χ2n) is 4.00. The van der Waals surface area contributed by atoms with Crippen molar-refractivity contribution in [1.29, 1.82) is 0 Å². The number of anilines is 1. The van der Waals surface area contributed by atoms with Crippen molar-refractivity contribution in [2.75, 3.05) is 19.5 Å². The van der Waals surface area contributed by atoms with Gasteiger partial charge in [0.1, 0.15) is 11.6 Å². The maximum absolute atomic E-state index is 5.17. The van der Waals surface area contributed by atoms with Crippen molar-refractivity contribution in [3.8, 4) is 0 Å². The molecule has 1 N–H and O–H groups in total. The van der Waals surface area contributed by atoms with Gasteiger partial charge >= 0.3 is 0 Å². The van der Waals surface area contributed by atoms with Crippen LogP contribution in [0.1, 0.15) is 36.7 Å². The predicted octanol–water partition coefficient (Wildman–Crippen LogP) is 2.54. The summed E-state index contributed by atoms with van der Waals surface area (Å²) in [7, 11) is 3.59. The zero-order valence-electron chi connectivity index (χ0n) is 9.59. The summed E-state index contributed by atoms with van der Waals surface area (Å²) in [6, 6.07) is 0. The highest BCUT2D eigenvalue weighted by atomic mass is 127. The van der Waals surface area contributed by atoms with Crippen molar-refractivity contribution in [3.05, 3.63) is 15.1 Å². The zero-order chi connectivity index (χ0) is 11.5. The first kappa shape index (κ1) is 12.0. The maximum atomic E-state index is 5.17. The number of halogens is 1. The fraction of sp³-hybridized carbons (Fsp3) is 0.636. The third kappa shape index (κ3) is 2.29. The summed E-state index contributed by atoms with van der Waals surface area (Å²) in [4.78, 5) is 9.18. The number of nitrogens with zero attached hydrogens (tertiary/aromatic N) is 2. The van der Waals surface area contributed by atoms with Crippen LogP contribution in [0.25, 0.3) is 0 Å². The molecule has 0 atom stereocenters. The second kappa shape index (κ2) is 5.27. The van der Waals surface area contributed by atoms with Crippen LogP contribution in [0.4, 0.5) is 5.82 Å². The maximum Gasteiger partial charge on any atom is 0.143 e. The average Bonchev–Trinajstić information content (AvgIpc) is 2.20. The lowest BCUT2D eigenvalue weighted by atomic mass is 9.85. The molecule has 0 bridgehead atoms. The van der Waals surface area contributed by atoms with Gasteiger partial charge in [-0.2, -0.15) is 0 Å². The van der Waals surface area contributed by atoms with E-state index in [1.54, 1.807) is 7.11 Å². The molecule has 0 spiro atoms. The van der Waals surface area contributed by atoms with Crippen molar-refractivity contribution >= 4 is 28.4 Å². The molecule has 1 fully saturated rings. The van der Waals surface area contributed by atoms with Gasteiger partial charge in [0.15, 0.2) is 0 Å². The van der Waals surface area contributed by atoms with Crippen LogP contribution in [0.2, 0.25) is 0 Å². The lowest BCUT2D eigenvalue weighted by molar-refractivity contribution is 0.180. The smallest absolute Gasteiger partial charge is 0.143 e. The van der Waals surface area contributed by atoms with Crippen molar-refractivity contribution in [1.82, 2.24) is 9.97 Å². The summed E-state index contributed by atoms with van der Waals surface area (Å²) in [6.07, 6.45) is 3.74. The van der Waals surface area contributed by atoms with Crippen molar-refractivity contribution < 1.29 is 4.74 Å². The number of rotatable bonds is 4. The quantitative estimate of drug-likeness (QED) is 0.861. The van der Waals surface area contributed by atoms with Gasteiger partial charge in [0.25, 0.3) is 0 Å². The Labute approximate surface area is 109 Å². The number of ether oxygens (including phenoxy) is 1. The summed E-state index contributed by atoms with van der Waals surface area (Å²) in [5.41, 5.74) is 0.990. The minimum atomic E-state index is 0.551. The van der Waals surface area contributed by atoms with Crippen molar-refractivity contribution in [2.45, 2.75) is 31.8 Å². The largest absolute Gasteiger partial charge is 0.378 e. The molecule has 1 aliphatic carbocycles. The third-order valence-electron chi connectivity index (χ3n) is 2.93. The Kier molecular flexibility index (Phi) is 3.96. The first-order chi connectivity index (χ1) is 7.76. The molecule has 88 valence electrons. The molecule has 0 amide bonds. The Morgan fingerprint density at radius 2 is 2.19 bits per heavy atom. The first-order valence-electron chi connectivity index (χ1n) is 5.49. The van der Waals surface area contributed by atoms with Crippen LogP contribution in [0.5, 0.6) is 0 Å². The summed E-state index contributed by atoms with van der Waals surface area (Å²) in [5.74, 6) is 2.45. The second-order valence-corrected chi connectivity index (χ2v) is 5.08. The van der Waals surface area contributed by atoms with Gasteiger partial charge < -0.3 is 10.1 Å². The standard InChI is InChI=1S/C11H16IN3O/c1-13-11-9(12)8(6-16-2)14-10(15-11)7-4-3-5-7/h7H,3-6H2,1-2H3,(H,13,14,15). The van der Waals surface area contributed by atoms with Crippen LogP contribution in [0, 0.1) is 3.57 Å². The van der Waals surface area contributed by atoms with Crippen LogP contribution in [-0.4, -0.2) is 24.1 Å². The molecule has 1 heterocycles. The molecule has 0 radical (unpaired) electrons. The van der Waals surface area contributed by atoms with Crippen LogP contribution < -0.4 is 5.32 Å². The van der Waals surface area contributed by atoms with E-state index in [4.69, 9.17) is 4.74 Å². The predicted molar refractivity (Wildman–Crippen MR) is 71.6 cm³/mol. The summed E-state index contributed by atoms with van der Waals surface area (Å²) >= 11 is 2.27. The van der Waals surface area contributed by atoms with E-state index in [1.807, 2.05) is 7.05 Å². The van der Waals surface area contributed by atoms with Crippen LogP contribution in [-0.2, 0) is 11.3 Å². The minimum absolute atomic E-state index is 0.551. The Bertz CT molecular complexity index is 380. The van der Waals surface area contributed by atoms with E-state index in [2.05, 4.69) is 37.9 Å². The molecule has 16 heavy (non-hydrogen) atoms. The molecule has 1 saturated carbocycles. The number of hydrogen-bond acceptors (Lipinski definition) is 4. The van der Waals surface area contributed by atoms with Crippen LogP contribution >= 0.6 is 22.6 Å². The van der Waals surface area contributed by atoms with E-state index in [9.17, 15) is 0 Å². The van der Waals surface area contributed by atoms with Crippen LogP contribution in [0.15, 0.2) is 0 Å². The molecule has 0 saturated heterocycles. The molecule has 0 unspecified atom stereocenters. The fourth-order valence-corrected chi connectivity index (χ4v) is 2.43. The molecule has 0 aliphatic heterocycles. The van der Waals surface area contributed by atoms with Gasteiger partial charge in [0.2, 0.25) is 0 Å². The molecule has 2 rings (SSSR count). The van der Waals surface area contributed by atoms with E-state index >= 15 is 0 Å². The topological polar surface area (TPSA) is 47.0 Å². The molecule has 1 aromatic rings. The van der Waals surface area contributed by atoms with Gasteiger partial charge in [-0.1, -0.05) is 6.42 Å². The average molecular weight is 333 g/mol. The number of aromatic nitrogens is 2. The van der Waals surface area contributed by atoms with Gasteiger partial charge in [-0.3, -0.25) is 0 Å². The summed E-state index contributed by atoms with van der Waals surface area (Å²) < 4.78 is 6.23. The lowest BCUT2D eigenvalue weighted by Crippen LogP contribution is -2.16. The van der Waals surface area contributed by atoms with Gasteiger partial charge in [0.05, 0.1) is 15.9 Å². The third-order valence-corrected chi connectivity index (χ3v) is 4.06. The van der Waals surface area contributed by atoms with Gasteiger partial charge in [-0.25, -0.2) is 9.97 Å². The first-order valence-corrected chi connectivity index (χ1v) is 6.57. The van der Waals surface area contributed by atoms with Crippen molar-refractivity contribution in [3.63, 3.8) is 0 Å². The highest BCUT2D eigenvalue weighted by molar-refractivity contribution is 14.1. The zero-order valence-corrected chi connectivity index (χ0v) is 11.7. The Balaban J connectivity index is 2.34. The van der Waals surface area contributed by atoms with Gasteiger partial charge in [0, 0.05) is 20.1 Å². The molecule has 0 aromatic carbocycles. The van der Waals surface area contributed by atoms with E-state index in [-0.39, 0.29) is 0 Å². The summed E-state index contributed by atoms with van der Waals surface area (Å²) in [6.45, 7) is 0.551. The summed E-state index contributed by atoms with van der Waals surface area (Å²) in [5, 5.41) is 3.12. The van der Waals surface area contributed by atoms with Gasteiger partial charge in [-0.05, 0) is 35.4 Å². The molecular weight excluding hydrogens is 317 g/mol. The van der Waals surface area contributed by atoms with Gasteiger partial charge in [-0.15, -0.1) is 0 Å². The minimum Gasteiger partial charge on any atom is -0.378 e. The number of nitrogens with one attached hydrogen (secondary N) is 1. The molecule has 4 nitrogen and oxygen atoms in total. The molecular formula is C11H16IN3O. The Morgan fingerprint density at radius 3 is 2.69 bits per heavy atom. The SMILES string of the molecule is CNc1nc(C2CCC2)nc(COC)c1I. The monoisotopic (exact) mass is 333 g/mol. The number of hydrogen-bond donors (Lipinski definition) is 1. The molecule has 1 aliphatic rings.